The first-order chi connectivity index (χ1) is 19.1. The van der Waals surface area contributed by atoms with Crippen LogP contribution < -0.4 is 11.1 Å². The molecule has 7 nitrogen and oxygen atoms in total. The Hall–Kier alpha value is -2.90. The van der Waals surface area contributed by atoms with Crippen molar-refractivity contribution in [1.29, 1.82) is 0 Å². The second-order valence-corrected chi connectivity index (χ2v) is 12.8. The van der Waals surface area contributed by atoms with E-state index in [4.69, 9.17) is 34.0 Å². The maximum absolute atomic E-state index is 13.1. The summed E-state index contributed by atoms with van der Waals surface area (Å²) in [5, 5.41) is 8.85. The first-order valence-corrected chi connectivity index (χ1v) is 14.9. The van der Waals surface area contributed by atoms with Gasteiger partial charge in [0.15, 0.2) is 0 Å². The summed E-state index contributed by atoms with van der Waals surface area (Å²) in [7, 11) is 0. The standard InChI is InChI=1S/C31H37Cl2N5O2/c1-31(2)21(15-29(39)36-27(30(34)40)13-19-7-4-3-5-8-19)14-23(31)28-17-26(20-9-6-12-35-18-20)37-38(28)22-10-11-24(32)25(33)16-22/h6,9-12,16-19,21,23,27H,3-5,7-8,13-15H2,1-2H3,(H2,34,40)(H,36,39)/t21-,23-,27+/m1/s1. The van der Waals surface area contributed by atoms with Gasteiger partial charge in [0.25, 0.3) is 0 Å². The number of pyridine rings is 1. The number of aromatic nitrogens is 3. The summed E-state index contributed by atoms with van der Waals surface area (Å²) in [6, 6.07) is 10.9. The SMILES string of the molecule is CC1(C)[C@@H](CC(=O)N[C@@H](CC2CCCCC2)C(N)=O)C[C@@H]1c1cc(-c2cccnc2)nn1-c1ccc(Cl)c(Cl)c1. The molecule has 0 aliphatic heterocycles. The van der Waals surface area contributed by atoms with Crippen LogP contribution in [0.1, 0.15) is 76.8 Å². The van der Waals surface area contributed by atoms with Crippen molar-refractivity contribution in [2.75, 3.05) is 0 Å². The van der Waals surface area contributed by atoms with Crippen molar-refractivity contribution in [3.8, 4) is 16.9 Å². The van der Waals surface area contributed by atoms with Crippen LogP contribution in [0.2, 0.25) is 10.0 Å². The molecular formula is C31H37Cl2N5O2. The van der Waals surface area contributed by atoms with Crippen molar-refractivity contribution in [3.63, 3.8) is 0 Å². The molecule has 2 saturated carbocycles. The summed E-state index contributed by atoms with van der Waals surface area (Å²) in [6.07, 6.45) is 11.2. The van der Waals surface area contributed by atoms with Gasteiger partial charge >= 0.3 is 0 Å². The summed E-state index contributed by atoms with van der Waals surface area (Å²) in [5.74, 6) is 0.210. The largest absolute Gasteiger partial charge is 0.368 e. The molecule has 1 aromatic carbocycles. The lowest BCUT2D eigenvalue weighted by atomic mass is 9.52. The van der Waals surface area contributed by atoms with Crippen LogP contribution in [0.4, 0.5) is 0 Å². The number of carbonyl (C=O) groups is 2. The van der Waals surface area contributed by atoms with Gasteiger partial charge in [-0.25, -0.2) is 4.68 Å². The van der Waals surface area contributed by atoms with Crippen molar-refractivity contribution < 1.29 is 9.59 Å². The van der Waals surface area contributed by atoms with Gasteiger partial charge in [-0.1, -0.05) is 69.2 Å². The molecular weight excluding hydrogens is 545 g/mol. The monoisotopic (exact) mass is 581 g/mol. The molecule has 2 aromatic heterocycles. The van der Waals surface area contributed by atoms with Crippen LogP contribution in [0.25, 0.3) is 16.9 Å². The normalized spacial score (nSPS) is 21.4. The van der Waals surface area contributed by atoms with Gasteiger partial charge in [0.05, 0.1) is 21.4 Å². The van der Waals surface area contributed by atoms with E-state index in [0.717, 1.165) is 41.9 Å². The van der Waals surface area contributed by atoms with E-state index in [9.17, 15) is 9.59 Å². The molecule has 0 bridgehead atoms. The van der Waals surface area contributed by atoms with Crippen molar-refractivity contribution in [2.45, 2.75) is 77.2 Å². The van der Waals surface area contributed by atoms with Gasteiger partial charge in [-0.3, -0.25) is 14.6 Å². The van der Waals surface area contributed by atoms with E-state index in [1.165, 1.54) is 19.3 Å². The lowest BCUT2D eigenvalue weighted by Crippen LogP contribution is -2.49. The van der Waals surface area contributed by atoms with Crippen molar-refractivity contribution in [2.24, 2.45) is 23.0 Å². The zero-order valence-electron chi connectivity index (χ0n) is 23.1. The third-order valence-electron chi connectivity index (χ3n) is 9.07. The van der Waals surface area contributed by atoms with E-state index in [2.05, 4.69) is 30.2 Å². The van der Waals surface area contributed by atoms with E-state index in [1.807, 2.05) is 28.9 Å². The number of carbonyl (C=O) groups excluding carboxylic acids is 2. The van der Waals surface area contributed by atoms with Crippen molar-refractivity contribution in [1.82, 2.24) is 20.1 Å². The molecule has 9 heteroatoms. The first kappa shape index (κ1) is 28.6. The van der Waals surface area contributed by atoms with Crippen LogP contribution >= 0.6 is 23.2 Å². The lowest BCUT2D eigenvalue weighted by molar-refractivity contribution is -0.130. The second-order valence-electron chi connectivity index (χ2n) is 12.0. The molecule has 3 atom stereocenters. The smallest absolute Gasteiger partial charge is 0.240 e. The molecule has 5 rings (SSSR count). The highest BCUT2D eigenvalue weighted by atomic mass is 35.5. The topological polar surface area (TPSA) is 103 Å². The van der Waals surface area contributed by atoms with Crippen LogP contribution in [0.15, 0.2) is 48.8 Å². The van der Waals surface area contributed by atoms with Gasteiger partial charge in [0, 0.05) is 36.0 Å². The van der Waals surface area contributed by atoms with Crippen LogP contribution in [-0.4, -0.2) is 32.6 Å². The predicted octanol–water partition coefficient (Wildman–Crippen LogP) is 6.70. The first-order valence-electron chi connectivity index (χ1n) is 14.2. The molecule has 0 saturated heterocycles. The number of primary amides is 1. The number of nitrogens with two attached hydrogens (primary N) is 1. The third-order valence-corrected chi connectivity index (χ3v) is 9.81. The van der Waals surface area contributed by atoms with Gasteiger partial charge < -0.3 is 11.1 Å². The minimum absolute atomic E-state index is 0.106. The quantitative estimate of drug-likeness (QED) is 0.293. The fourth-order valence-electron chi connectivity index (χ4n) is 6.47. The Morgan fingerprint density at radius 3 is 2.55 bits per heavy atom. The second kappa shape index (κ2) is 11.9. The van der Waals surface area contributed by atoms with E-state index < -0.39 is 11.9 Å². The Kier molecular flexibility index (Phi) is 8.52. The average Bonchev–Trinajstić information content (AvgIpc) is 3.37. The number of amides is 2. The molecule has 3 N–H and O–H groups in total. The minimum Gasteiger partial charge on any atom is -0.368 e. The third kappa shape index (κ3) is 6.06. The van der Waals surface area contributed by atoms with Gasteiger partial charge in [0.2, 0.25) is 11.8 Å². The average molecular weight is 583 g/mol. The summed E-state index contributed by atoms with van der Waals surface area (Å²) in [5.41, 5.74) is 9.12. The van der Waals surface area contributed by atoms with Crippen LogP contribution in [0, 0.1) is 17.3 Å². The van der Waals surface area contributed by atoms with E-state index >= 15 is 0 Å². The predicted molar refractivity (Wildman–Crippen MR) is 158 cm³/mol. The molecule has 2 aliphatic rings. The Bertz CT molecular complexity index is 1370. The lowest BCUT2D eigenvalue weighted by Gasteiger charge is -2.52. The molecule has 3 aromatic rings. The number of halogens is 2. The van der Waals surface area contributed by atoms with Crippen molar-refractivity contribution in [3.05, 3.63) is 64.5 Å². The highest BCUT2D eigenvalue weighted by molar-refractivity contribution is 6.42. The minimum atomic E-state index is -0.604. The highest BCUT2D eigenvalue weighted by Crippen LogP contribution is 2.58. The zero-order valence-corrected chi connectivity index (χ0v) is 24.6. The number of hydrogen-bond donors (Lipinski definition) is 2. The number of benzene rings is 1. The molecule has 2 amide bonds. The summed E-state index contributed by atoms with van der Waals surface area (Å²) in [6.45, 7) is 4.39. The van der Waals surface area contributed by atoms with Gasteiger partial charge in [0.1, 0.15) is 6.04 Å². The molecule has 2 aliphatic carbocycles. The molecule has 212 valence electrons. The Morgan fingerprint density at radius 1 is 1.12 bits per heavy atom. The number of nitrogens with zero attached hydrogens (tertiary/aromatic N) is 3. The molecule has 2 heterocycles. The number of rotatable bonds is 9. The van der Waals surface area contributed by atoms with Gasteiger partial charge in [-0.15, -0.1) is 0 Å². The van der Waals surface area contributed by atoms with Crippen LogP contribution in [-0.2, 0) is 9.59 Å². The van der Waals surface area contributed by atoms with E-state index in [1.54, 1.807) is 18.5 Å². The molecule has 0 unspecified atom stereocenters. The highest BCUT2D eigenvalue weighted by Gasteiger charge is 2.50. The van der Waals surface area contributed by atoms with E-state index in [-0.39, 0.29) is 23.2 Å². The molecule has 2 fully saturated rings. The Balaban J connectivity index is 1.33. The Labute approximate surface area is 245 Å². The molecule has 40 heavy (non-hydrogen) atoms. The summed E-state index contributed by atoms with van der Waals surface area (Å²) in [4.78, 5) is 29.5. The summed E-state index contributed by atoms with van der Waals surface area (Å²) >= 11 is 12.6. The Morgan fingerprint density at radius 2 is 1.90 bits per heavy atom. The van der Waals surface area contributed by atoms with Crippen molar-refractivity contribution >= 4 is 35.0 Å². The van der Waals surface area contributed by atoms with Gasteiger partial charge in [-0.05, 0) is 66.5 Å². The fraction of sp³-hybridized carbons (Fsp3) is 0.484. The zero-order chi connectivity index (χ0) is 28.4. The van der Waals surface area contributed by atoms with Gasteiger partial charge in [-0.2, -0.15) is 5.10 Å². The summed E-state index contributed by atoms with van der Waals surface area (Å²) < 4.78 is 1.93. The van der Waals surface area contributed by atoms with Crippen LogP contribution in [0.3, 0.4) is 0 Å². The maximum atomic E-state index is 13.1. The van der Waals surface area contributed by atoms with Crippen LogP contribution in [0.5, 0.6) is 0 Å². The maximum Gasteiger partial charge on any atom is 0.240 e. The molecule has 0 spiro atoms. The number of hydrogen-bond acceptors (Lipinski definition) is 4. The molecule has 0 radical (unpaired) electrons. The van der Waals surface area contributed by atoms with E-state index in [0.29, 0.717) is 28.8 Å². The number of nitrogens with one attached hydrogen (secondary N) is 1. The fourth-order valence-corrected chi connectivity index (χ4v) is 6.76.